The molecule has 0 radical (unpaired) electrons. The molecule has 2 heterocycles. The normalized spacial score (nSPS) is 13.9. The van der Waals surface area contributed by atoms with Gasteiger partial charge in [-0.15, -0.1) is 0 Å². The standard InChI is InChI=1S/C13H21N7/c1-4-9(2)7-10(3)16-12-17-11(14)18-13(19-12)20-6-5-15-8-20/h5-6,8-10H,4,7H2,1-3H3,(H3,14,16,17,18,19). The maximum absolute atomic E-state index is 5.73. The van der Waals surface area contributed by atoms with E-state index in [9.17, 15) is 0 Å². The Bertz CT molecular complexity index is 538. The van der Waals surface area contributed by atoms with Gasteiger partial charge in [0.1, 0.15) is 6.33 Å². The predicted molar refractivity (Wildman–Crippen MR) is 78.5 cm³/mol. The van der Waals surface area contributed by atoms with Gasteiger partial charge in [-0.3, -0.25) is 4.57 Å². The highest BCUT2D eigenvalue weighted by atomic mass is 15.3. The molecule has 0 fully saturated rings. The van der Waals surface area contributed by atoms with Gasteiger partial charge in [0.15, 0.2) is 0 Å². The third-order valence-corrected chi connectivity index (χ3v) is 3.20. The SMILES string of the molecule is CCC(C)CC(C)Nc1nc(N)nc(-n2ccnc2)n1. The zero-order chi connectivity index (χ0) is 14.5. The van der Waals surface area contributed by atoms with Gasteiger partial charge < -0.3 is 11.1 Å². The molecular weight excluding hydrogens is 254 g/mol. The van der Waals surface area contributed by atoms with Crippen LogP contribution in [0.25, 0.3) is 5.95 Å². The number of nitrogens with one attached hydrogen (secondary N) is 1. The molecule has 20 heavy (non-hydrogen) atoms. The Hall–Kier alpha value is -2.18. The number of hydrogen-bond acceptors (Lipinski definition) is 6. The summed E-state index contributed by atoms with van der Waals surface area (Å²) in [5, 5.41) is 3.27. The molecule has 2 aromatic rings. The first kappa shape index (κ1) is 14.2. The van der Waals surface area contributed by atoms with Crippen molar-refractivity contribution in [1.82, 2.24) is 24.5 Å². The molecule has 0 bridgehead atoms. The number of aromatic nitrogens is 5. The van der Waals surface area contributed by atoms with Gasteiger partial charge in [0.05, 0.1) is 0 Å². The van der Waals surface area contributed by atoms with Crippen molar-refractivity contribution in [3.63, 3.8) is 0 Å². The van der Waals surface area contributed by atoms with Crippen molar-refractivity contribution in [2.24, 2.45) is 5.92 Å². The fraction of sp³-hybridized carbons (Fsp3) is 0.538. The zero-order valence-corrected chi connectivity index (χ0v) is 12.1. The van der Waals surface area contributed by atoms with Crippen LogP contribution in [-0.4, -0.2) is 30.5 Å². The second-order valence-electron chi connectivity index (χ2n) is 5.08. The summed E-state index contributed by atoms with van der Waals surface area (Å²) in [6, 6.07) is 0.280. The van der Waals surface area contributed by atoms with Crippen molar-refractivity contribution in [2.45, 2.75) is 39.7 Å². The first-order valence-corrected chi connectivity index (χ1v) is 6.85. The first-order valence-electron chi connectivity index (χ1n) is 6.85. The van der Waals surface area contributed by atoms with E-state index in [1.54, 1.807) is 23.3 Å². The summed E-state index contributed by atoms with van der Waals surface area (Å²) < 4.78 is 1.70. The van der Waals surface area contributed by atoms with Crippen LogP contribution in [0.3, 0.4) is 0 Å². The number of nitrogen functional groups attached to an aromatic ring is 1. The van der Waals surface area contributed by atoms with Gasteiger partial charge in [0.25, 0.3) is 0 Å². The number of nitrogens with two attached hydrogens (primary N) is 1. The predicted octanol–water partition coefficient (Wildman–Crippen LogP) is 1.88. The van der Waals surface area contributed by atoms with Gasteiger partial charge in [0.2, 0.25) is 17.8 Å². The second-order valence-corrected chi connectivity index (χ2v) is 5.08. The van der Waals surface area contributed by atoms with E-state index < -0.39 is 0 Å². The van der Waals surface area contributed by atoms with Crippen LogP contribution in [0.5, 0.6) is 0 Å². The van der Waals surface area contributed by atoms with E-state index in [1.807, 2.05) is 0 Å². The minimum Gasteiger partial charge on any atom is -0.368 e. The number of nitrogens with zero attached hydrogens (tertiary/aromatic N) is 5. The van der Waals surface area contributed by atoms with Crippen LogP contribution in [0.1, 0.15) is 33.6 Å². The Morgan fingerprint density at radius 3 is 2.75 bits per heavy atom. The lowest BCUT2D eigenvalue weighted by molar-refractivity contribution is 0.482. The fourth-order valence-corrected chi connectivity index (χ4v) is 1.99. The monoisotopic (exact) mass is 275 g/mol. The average Bonchev–Trinajstić information content (AvgIpc) is 2.91. The van der Waals surface area contributed by atoms with Crippen molar-refractivity contribution in [2.75, 3.05) is 11.1 Å². The van der Waals surface area contributed by atoms with E-state index in [2.05, 4.69) is 46.0 Å². The molecule has 7 nitrogen and oxygen atoms in total. The largest absolute Gasteiger partial charge is 0.368 e. The second kappa shape index (κ2) is 6.31. The van der Waals surface area contributed by atoms with Crippen molar-refractivity contribution in [3.05, 3.63) is 18.7 Å². The minimum absolute atomic E-state index is 0.196. The van der Waals surface area contributed by atoms with Crippen molar-refractivity contribution < 1.29 is 0 Å². The molecule has 0 amide bonds. The lowest BCUT2D eigenvalue weighted by Gasteiger charge is -2.17. The summed E-state index contributed by atoms with van der Waals surface area (Å²) >= 11 is 0. The molecule has 0 aromatic carbocycles. The number of hydrogen-bond donors (Lipinski definition) is 2. The summed E-state index contributed by atoms with van der Waals surface area (Å²) in [4.78, 5) is 16.6. The van der Waals surface area contributed by atoms with Crippen LogP contribution in [0.2, 0.25) is 0 Å². The molecule has 0 aliphatic carbocycles. The van der Waals surface area contributed by atoms with Gasteiger partial charge in [0, 0.05) is 18.4 Å². The topological polar surface area (TPSA) is 94.5 Å². The highest BCUT2D eigenvalue weighted by molar-refractivity contribution is 5.35. The molecule has 0 aliphatic heterocycles. The van der Waals surface area contributed by atoms with Gasteiger partial charge in [-0.25, -0.2) is 4.98 Å². The first-order chi connectivity index (χ1) is 9.58. The smallest absolute Gasteiger partial charge is 0.241 e. The third-order valence-electron chi connectivity index (χ3n) is 3.20. The Balaban J connectivity index is 2.12. The molecule has 2 aromatic heterocycles. The van der Waals surface area contributed by atoms with Crippen LogP contribution >= 0.6 is 0 Å². The zero-order valence-electron chi connectivity index (χ0n) is 12.1. The average molecular weight is 275 g/mol. The Labute approximate surface area is 118 Å². The van der Waals surface area contributed by atoms with Crippen LogP contribution in [0.15, 0.2) is 18.7 Å². The molecule has 2 rings (SSSR count). The van der Waals surface area contributed by atoms with Crippen LogP contribution in [0, 0.1) is 5.92 Å². The summed E-state index contributed by atoms with van der Waals surface area (Å²) in [6.07, 6.45) is 7.27. The molecule has 2 atom stereocenters. The molecule has 7 heteroatoms. The van der Waals surface area contributed by atoms with Crippen molar-refractivity contribution >= 4 is 11.9 Å². The summed E-state index contributed by atoms with van der Waals surface area (Å²) in [5.41, 5.74) is 5.73. The number of rotatable bonds is 6. The summed E-state index contributed by atoms with van der Waals surface area (Å²) in [7, 11) is 0. The van der Waals surface area contributed by atoms with Crippen LogP contribution in [0.4, 0.5) is 11.9 Å². The molecule has 0 saturated heterocycles. The highest BCUT2D eigenvalue weighted by Crippen LogP contribution is 2.14. The molecular formula is C13H21N7. The molecule has 3 N–H and O–H groups in total. The van der Waals surface area contributed by atoms with Crippen LogP contribution in [-0.2, 0) is 0 Å². The Morgan fingerprint density at radius 2 is 2.10 bits per heavy atom. The Morgan fingerprint density at radius 1 is 1.30 bits per heavy atom. The van der Waals surface area contributed by atoms with E-state index >= 15 is 0 Å². The van der Waals surface area contributed by atoms with Gasteiger partial charge >= 0.3 is 0 Å². The lowest BCUT2D eigenvalue weighted by atomic mass is 10.0. The van der Waals surface area contributed by atoms with Crippen LogP contribution < -0.4 is 11.1 Å². The lowest BCUT2D eigenvalue weighted by Crippen LogP contribution is -2.21. The van der Waals surface area contributed by atoms with E-state index in [0.29, 0.717) is 17.8 Å². The number of anilines is 2. The third kappa shape index (κ3) is 3.66. The maximum atomic E-state index is 5.73. The molecule has 0 aliphatic rings. The van der Waals surface area contributed by atoms with E-state index in [0.717, 1.165) is 12.8 Å². The number of imidazole rings is 1. The molecule has 0 spiro atoms. The fourth-order valence-electron chi connectivity index (χ4n) is 1.99. The van der Waals surface area contributed by atoms with E-state index in [1.165, 1.54) is 0 Å². The molecule has 2 unspecified atom stereocenters. The van der Waals surface area contributed by atoms with Crippen molar-refractivity contribution in [3.8, 4) is 5.95 Å². The van der Waals surface area contributed by atoms with E-state index in [-0.39, 0.29) is 12.0 Å². The maximum Gasteiger partial charge on any atom is 0.241 e. The van der Waals surface area contributed by atoms with Crippen molar-refractivity contribution in [1.29, 1.82) is 0 Å². The highest BCUT2D eigenvalue weighted by Gasteiger charge is 2.11. The van der Waals surface area contributed by atoms with E-state index in [4.69, 9.17) is 5.73 Å². The summed E-state index contributed by atoms with van der Waals surface area (Å²) in [5.74, 6) is 1.82. The molecule has 108 valence electrons. The quantitative estimate of drug-likeness (QED) is 0.835. The Kier molecular flexibility index (Phi) is 4.49. The summed E-state index contributed by atoms with van der Waals surface area (Å²) in [6.45, 7) is 6.54. The van der Waals surface area contributed by atoms with Gasteiger partial charge in [-0.1, -0.05) is 20.3 Å². The molecule has 0 saturated carbocycles. The van der Waals surface area contributed by atoms with Gasteiger partial charge in [-0.05, 0) is 19.3 Å². The minimum atomic E-state index is 0.196. The van der Waals surface area contributed by atoms with Gasteiger partial charge in [-0.2, -0.15) is 15.0 Å².